The molecule has 0 aliphatic heterocycles. The number of rotatable bonds is 6. The zero-order valence-electron chi connectivity index (χ0n) is 6.75. The molecule has 0 rings (SSSR count). The monoisotopic (exact) mass is 187 g/mol. The fourth-order valence-corrected chi connectivity index (χ4v) is 0.767. The number of hydrogen-bond donors (Lipinski definition) is 1. The molecule has 0 saturated heterocycles. The molecule has 12 heavy (non-hydrogen) atoms. The minimum atomic E-state index is -4.06. The Labute approximate surface area is 69.1 Å². The van der Waals surface area contributed by atoms with Crippen LogP contribution in [0.25, 0.3) is 0 Å². The summed E-state index contributed by atoms with van der Waals surface area (Å²) in [6.45, 7) is 0.214. The van der Waals surface area contributed by atoms with Crippen molar-refractivity contribution in [3.05, 3.63) is 0 Å². The third-order valence-electron chi connectivity index (χ3n) is 1.34. The molecule has 5 heteroatoms. The van der Waals surface area contributed by atoms with Crippen LogP contribution in [0.1, 0.15) is 19.3 Å². The summed E-state index contributed by atoms with van der Waals surface area (Å²) in [7, 11) is 0. The molecule has 0 aliphatic carbocycles. The van der Waals surface area contributed by atoms with Crippen molar-refractivity contribution in [2.75, 3.05) is 19.8 Å². The van der Waals surface area contributed by atoms with Crippen LogP contribution < -0.4 is 5.32 Å². The second kappa shape index (κ2) is 6.22. The number of alkyl halides is 4. The maximum Gasteiger partial charge on any atom is 0.389 e. The summed E-state index contributed by atoms with van der Waals surface area (Å²) >= 11 is 0. The predicted molar refractivity (Wildman–Crippen MR) is 38.8 cm³/mol. The van der Waals surface area contributed by atoms with Crippen molar-refractivity contribution in [1.82, 2.24) is 5.32 Å². The maximum absolute atomic E-state index is 11.6. The summed E-state index contributed by atoms with van der Waals surface area (Å²) in [5, 5.41) is 2.68. The standard InChI is InChI=1S/C7H13F4N/c8-4-6-12-5-2-1-3-7(9,10)11/h12H,1-6H2. The third-order valence-corrected chi connectivity index (χ3v) is 1.34. The second-order valence-corrected chi connectivity index (χ2v) is 2.51. The van der Waals surface area contributed by atoms with Crippen LogP contribution in [0.15, 0.2) is 0 Å². The van der Waals surface area contributed by atoms with Crippen LogP contribution in [0, 0.1) is 0 Å². The molecular formula is C7H13F4N. The van der Waals surface area contributed by atoms with Crippen molar-refractivity contribution in [3.63, 3.8) is 0 Å². The van der Waals surface area contributed by atoms with E-state index in [1.807, 2.05) is 0 Å². The lowest BCUT2D eigenvalue weighted by atomic mass is 10.2. The Morgan fingerprint density at radius 1 is 1.00 bits per heavy atom. The molecule has 0 bridgehead atoms. The molecule has 0 unspecified atom stereocenters. The highest BCUT2D eigenvalue weighted by Crippen LogP contribution is 2.21. The number of unbranched alkanes of at least 4 members (excludes halogenated alkanes) is 1. The van der Waals surface area contributed by atoms with Gasteiger partial charge < -0.3 is 5.32 Å². The van der Waals surface area contributed by atoms with E-state index in [1.165, 1.54) is 0 Å². The van der Waals surface area contributed by atoms with Crippen LogP contribution in [-0.4, -0.2) is 25.9 Å². The Balaban J connectivity index is 3.01. The lowest BCUT2D eigenvalue weighted by Gasteiger charge is -2.05. The Kier molecular flexibility index (Phi) is 6.06. The van der Waals surface area contributed by atoms with Crippen LogP contribution in [-0.2, 0) is 0 Å². The van der Waals surface area contributed by atoms with Crippen LogP contribution in [0.4, 0.5) is 17.6 Å². The normalized spacial score (nSPS) is 12.0. The summed E-state index contributed by atoms with van der Waals surface area (Å²) in [6, 6.07) is 0. The molecule has 0 aromatic heterocycles. The molecule has 0 aromatic rings. The molecule has 0 saturated carbocycles. The third kappa shape index (κ3) is 9.68. The Morgan fingerprint density at radius 3 is 2.17 bits per heavy atom. The van der Waals surface area contributed by atoms with Gasteiger partial charge in [0.15, 0.2) is 0 Å². The van der Waals surface area contributed by atoms with Crippen LogP contribution >= 0.6 is 0 Å². The highest BCUT2D eigenvalue weighted by molar-refractivity contribution is 4.53. The van der Waals surface area contributed by atoms with Crippen molar-refractivity contribution >= 4 is 0 Å². The van der Waals surface area contributed by atoms with Crippen molar-refractivity contribution in [2.24, 2.45) is 0 Å². The minimum absolute atomic E-state index is 0.114. The van der Waals surface area contributed by atoms with E-state index >= 15 is 0 Å². The van der Waals surface area contributed by atoms with Gasteiger partial charge in [-0.1, -0.05) is 0 Å². The summed E-state index contributed by atoms with van der Waals surface area (Å²) in [5.74, 6) is 0. The first-order valence-corrected chi connectivity index (χ1v) is 3.89. The zero-order chi connectivity index (χ0) is 9.45. The van der Waals surface area contributed by atoms with E-state index in [0.717, 1.165) is 0 Å². The van der Waals surface area contributed by atoms with Crippen LogP contribution in [0.2, 0.25) is 0 Å². The number of hydrogen-bond acceptors (Lipinski definition) is 1. The van der Waals surface area contributed by atoms with Gasteiger partial charge in [0.25, 0.3) is 0 Å². The van der Waals surface area contributed by atoms with Gasteiger partial charge in [0.05, 0.1) is 0 Å². The van der Waals surface area contributed by atoms with E-state index < -0.39 is 19.3 Å². The Hall–Kier alpha value is -0.320. The Bertz CT molecular complexity index is 102. The molecule has 0 atom stereocenters. The van der Waals surface area contributed by atoms with Crippen LogP contribution in [0.3, 0.4) is 0 Å². The average molecular weight is 187 g/mol. The van der Waals surface area contributed by atoms with E-state index in [0.29, 0.717) is 13.0 Å². The fraction of sp³-hybridized carbons (Fsp3) is 1.00. The zero-order valence-corrected chi connectivity index (χ0v) is 6.75. The van der Waals surface area contributed by atoms with Gasteiger partial charge in [-0.05, 0) is 19.4 Å². The quantitative estimate of drug-likeness (QED) is 0.497. The predicted octanol–water partition coefficient (Wildman–Crippen LogP) is 2.28. The van der Waals surface area contributed by atoms with Gasteiger partial charge >= 0.3 is 6.18 Å². The van der Waals surface area contributed by atoms with Crippen molar-refractivity contribution in [2.45, 2.75) is 25.4 Å². The molecule has 0 fully saturated rings. The van der Waals surface area contributed by atoms with Crippen molar-refractivity contribution in [3.8, 4) is 0 Å². The first-order chi connectivity index (χ1) is 5.56. The lowest BCUT2D eigenvalue weighted by Crippen LogP contribution is -2.18. The van der Waals surface area contributed by atoms with E-state index in [1.54, 1.807) is 0 Å². The molecule has 0 heterocycles. The highest BCUT2D eigenvalue weighted by atomic mass is 19.4. The summed E-state index contributed by atoms with van der Waals surface area (Å²) in [4.78, 5) is 0. The second-order valence-electron chi connectivity index (χ2n) is 2.51. The fourth-order valence-electron chi connectivity index (χ4n) is 0.767. The molecule has 1 nitrogen and oxygen atoms in total. The molecule has 0 amide bonds. The van der Waals surface area contributed by atoms with Crippen molar-refractivity contribution < 1.29 is 17.6 Å². The van der Waals surface area contributed by atoms with E-state index in [4.69, 9.17) is 0 Å². The van der Waals surface area contributed by atoms with Gasteiger partial charge in [-0.15, -0.1) is 0 Å². The van der Waals surface area contributed by atoms with Crippen LogP contribution in [0.5, 0.6) is 0 Å². The van der Waals surface area contributed by atoms with E-state index in [2.05, 4.69) is 5.32 Å². The summed E-state index contributed by atoms with van der Waals surface area (Å²) < 4.78 is 46.1. The van der Waals surface area contributed by atoms with E-state index in [-0.39, 0.29) is 13.0 Å². The van der Waals surface area contributed by atoms with Gasteiger partial charge in [0, 0.05) is 13.0 Å². The topological polar surface area (TPSA) is 12.0 Å². The molecule has 0 aliphatic rings. The first-order valence-electron chi connectivity index (χ1n) is 3.89. The lowest BCUT2D eigenvalue weighted by molar-refractivity contribution is -0.135. The summed E-state index contributed by atoms with van der Waals surface area (Å²) in [6.07, 6.45) is -4.24. The highest BCUT2D eigenvalue weighted by Gasteiger charge is 2.25. The molecule has 0 radical (unpaired) electrons. The molecule has 1 N–H and O–H groups in total. The number of nitrogens with one attached hydrogen (secondary N) is 1. The van der Waals surface area contributed by atoms with E-state index in [9.17, 15) is 17.6 Å². The molecular weight excluding hydrogens is 174 g/mol. The maximum atomic E-state index is 11.6. The Morgan fingerprint density at radius 2 is 1.67 bits per heavy atom. The van der Waals surface area contributed by atoms with Gasteiger partial charge in [-0.25, -0.2) is 4.39 Å². The number of halogens is 4. The van der Waals surface area contributed by atoms with Gasteiger partial charge in [-0.3, -0.25) is 0 Å². The SMILES string of the molecule is FCCNCCCCC(F)(F)F. The molecule has 0 aromatic carbocycles. The van der Waals surface area contributed by atoms with Crippen molar-refractivity contribution in [1.29, 1.82) is 0 Å². The largest absolute Gasteiger partial charge is 0.389 e. The average Bonchev–Trinajstić information content (AvgIpc) is 1.94. The summed E-state index contributed by atoms with van der Waals surface area (Å²) in [5.41, 5.74) is 0. The van der Waals surface area contributed by atoms with Gasteiger partial charge in [0.1, 0.15) is 6.67 Å². The van der Waals surface area contributed by atoms with Gasteiger partial charge in [0.2, 0.25) is 0 Å². The molecule has 74 valence electrons. The smallest absolute Gasteiger partial charge is 0.314 e. The first kappa shape index (κ1) is 11.7. The minimum Gasteiger partial charge on any atom is -0.314 e. The molecule has 0 spiro atoms. The van der Waals surface area contributed by atoms with Gasteiger partial charge in [-0.2, -0.15) is 13.2 Å².